The van der Waals surface area contributed by atoms with Crippen LogP contribution in [0.5, 0.6) is 11.5 Å². The van der Waals surface area contributed by atoms with Gasteiger partial charge in [0.1, 0.15) is 17.3 Å². The second-order valence-electron chi connectivity index (χ2n) is 4.19. The summed E-state index contributed by atoms with van der Waals surface area (Å²) in [7, 11) is 1.56. The van der Waals surface area contributed by atoms with Gasteiger partial charge in [-0.25, -0.2) is 4.98 Å². The second-order valence-corrected chi connectivity index (χ2v) is 4.19. The highest BCUT2D eigenvalue weighted by Crippen LogP contribution is 2.18. The largest absolute Gasteiger partial charge is 0.497 e. The monoisotopic (exact) mass is 288 g/mol. The summed E-state index contributed by atoms with van der Waals surface area (Å²) in [5, 5.41) is 11.6. The van der Waals surface area contributed by atoms with E-state index in [9.17, 15) is 4.79 Å². The molecule has 2 N–H and O–H groups in total. The molecule has 0 saturated carbocycles. The predicted octanol–water partition coefficient (Wildman–Crippen LogP) is 1.60. The molecule has 1 aromatic carbocycles. The van der Waals surface area contributed by atoms with Crippen LogP contribution in [0.4, 0.5) is 5.82 Å². The standard InChI is InChI=1S/C15H16N2O4/c1-20-12-5-3-6-13(8-12)21-10-15(19)17-14-7-2-4-11(9-18)16-14/h2-8,18H,9-10H2,1H3,(H,16,17,19). The number of hydrogen-bond acceptors (Lipinski definition) is 5. The van der Waals surface area contributed by atoms with Crippen LogP contribution in [-0.2, 0) is 11.4 Å². The molecule has 6 nitrogen and oxygen atoms in total. The number of nitrogens with zero attached hydrogens (tertiary/aromatic N) is 1. The van der Waals surface area contributed by atoms with Gasteiger partial charge in [0.05, 0.1) is 19.4 Å². The number of nitrogens with one attached hydrogen (secondary N) is 1. The first-order valence-electron chi connectivity index (χ1n) is 6.35. The summed E-state index contributed by atoms with van der Waals surface area (Å²) >= 11 is 0. The normalized spacial score (nSPS) is 10.0. The number of rotatable bonds is 6. The van der Waals surface area contributed by atoms with Gasteiger partial charge in [0.2, 0.25) is 0 Å². The lowest BCUT2D eigenvalue weighted by atomic mass is 10.3. The maximum Gasteiger partial charge on any atom is 0.263 e. The van der Waals surface area contributed by atoms with Crippen molar-refractivity contribution < 1.29 is 19.4 Å². The van der Waals surface area contributed by atoms with Crippen LogP contribution < -0.4 is 14.8 Å². The number of methoxy groups -OCH3 is 1. The summed E-state index contributed by atoms with van der Waals surface area (Å²) in [4.78, 5) is 15.8. The van der Waals surface area contributed by atoms with E-state index in [1.54, 1.807) is 49.6 Å². The lowest BCUT2D eigenvalue weighted by molar-refractivity contribution is -0.118. The van der Waals surface area contributed by atoms with Crippen molar-refractivity contribution in [2.75, 3.05) is 19.0 Å². The first kappa shape index (κ1) is 14.8. The summed E-state index contributed by atoms with van der Waals surface area (Å²) in [6.45, 7) is -0.317. The van der Waals surface area contributed by atoms with Crippen molar-refractivity contribution in [3.8, 4) is 11.5 Å². The van der Waals surface area contributed by atoms with E-state index in [1.807, 2.05) is 0 Å². The Morgan fingerprint density at radius 3 is 2.76 bits per heavy atom. The van der Waals surface area contributed by atoms with E-state index in [0.29, 0.717) is 23.0 Å². The van der Waals surface area contributed by atoms with Gasteiger partial charge in [-0.15, -0.1) is 0 Å². The van der Waals surface area contributed by atoms with Crippen molar-refractivity contribution in [3.63, 3.8) is 0 Å². The van der Waals surface area contributed by atoms with Crippen molar-refractivity contribution >= 4 is 11.7 Å². The molecule has 0 atom stereocenters. The van der Waals surface area contributed by atoms with Crippen molar-refractivity contribution in [2.24, 2.45) is 0 Å². The highest BCUT2D eigenvalue weighted by molar-refractivity contribution is 5.90. The Kier molecular flexibility index (Phi) is 5.11. The summed E-state index contributed by atoms with van der Waals surface area (Å²) in [5.74, 6) is 1.24. The summed E-state index contributed by atoms with van der Waals surface area (Å²) < 4.78 is 10.4. The van der Waals surface area contributed by atoms with Gasteiger partial charge in [0, 0.05) is 6.07 Å². The van der Waals surface area contributed by atoms with Crippen LogP contribution in [0.1, 0.15) is 5.69 Å². The molecule has 0 aliphatic heterocycles. The lowest BCUT2D eigenvalue weighted by Crippen LogP contribution is -2.21. The third kappa shape index (κ3) is 4.47. The van der Waals surface area contributed by atoms with Crippen LogP contribution >= 0.6 is 0 Å². The van der Waals surface area contributed by atoms with Gasteiger partial charge >= 0.3 is 0 Å². The molecule has 0 saturated heterocycles. The Morgan fingerprint density at radius 2 is 2.00 bits per heavy atom. The van der Waals surface area contributed by atoms with Crippen LogP contribution in [0, 0.1) is 0 Å². The minimum Gasteiger partial charge on any atom is -0.497 e. The number of anilines is 1. The summed E-state index contributed by atoms with van der Waals surface area (Å²) in [6, 6.07) is 12.0. The smallest absolute Gasteiger partial charge is 0.263 e. The number of benzene rings is 1. The average Bonchev–Trinajstić information content (AvgIpc) is 2.53. The van der Waals surface area contributed by atoms with Crippen molar-refractivity contribution in [1.82, 2.24) is 4.98 Å². The van der Waals surface area contributed by atoms with Crippen LogP contribution in [0.2, 0.25) is 0 Å². The number of aliphatic hydroxyl groups excluding tert-OH is 1. The van der Waals surface area contributed by atoms with Crippen molar-refractivity contribution in [3.05, 3.63) is 48.2 Å². The van der Waals surface area contributed by atoms with Gasteiger partial charge in [-0.1, -0.05) is 12.1 Å². The number of pyridine rings is 1. The molecule has 2 aromatic rings. The minimum atomic E-state index is -0.333. The van der Waals surface area contributed by atoms with Crippen molar-refractivity contribution in [2.45, 2.75) is 6.61 Å². The van der Waals surface area contributed by atoms with Gasteiger partial charge in [-0.3, -0.25) is 4.79 Å². The number of aliphatic hydroxyl groups is 1. The Hall–Kier alpha value is -2.60. The topological polar surface area (TPSA) is 80.7 Å². The fourth-order valence-corrected chi connectivity index (χ4v) is 1.66. The van der Waals surface area contributed by atoms with Gasteiger partial charge < -0.3 is 19.9 Å². The lowest BCUT2D eigenvalue weighted by Gasteiger charge is -2.08. The van der Waals surface area contributed by atoms with Gasteiger partial charge in [-0.2, -0.15) is 0 Å². The van der Waals surface area contributed by atoms with E-state index in [0.717, 1.165) is 0 Å². The van der Waals surface area contributed by atoms with Crippen molar-refractivity contribution in [1.29, 1.82) is 0 Å². The minimum absolute atomic E-state index is 0.141. The zero-order valence-electron chi connectivity index (χ0n) is 11.6. The third-order valence-corrected chi connectivity index (χ3v) is 2.65. The maximum absolute atomic E-state index is 11.8. The molecule has 0 spiro atoms. The molecule has 6 heteroatoms. The molecule has 0 unspecified atom stereocenters. The van der Waals surface area contributed by atoms with E-state index in [2.05, 4.69) is 10.3 Å². The summed E-state index contributed by atoms with van der Waals surface area (Å²) in [5.41, 5.74) is 0.488. The third-order valence-electron chi connectivity index (χ3n) is 2.65. The maximum atomic E-state index is 11.8. The Bertz CT molecular complexity index is 616. The van der Waals surface area contributed by atoms with Crippen LogP contribution in [-0.4, -0.2) is 29.7 Å². The molecule has 1 aromatic heterocycles. The molecular weight excluding hydrogens is 272 g/mol. The Balaban J connectivity index is 1.89. The molecule has 0 bridgehead atoms. The van der Waals surface area contributed by atoms with E-state index in [-0.39, 0.29) is 19.1 Å². The first-order valence-corrected chi connectivity index (χ1v) is 6.35. The summed E-state index contributed by atoms with van der Waals surface area (Å²) in [6.07, 6.45) is 0. The molecular formula is C15H16N2O4. The van der Waals surface area contributed by atoms with Crippen LogP contribution in [0.3, 0.4) is 0 Å². The van der Waals surface area contributed by atoms with Gasteiger partial charge in [0.15, 0.2) is 6.61 Å². The Labute approximate surface area is 122 Å². The fourth-order valence-electron chi connectivity index (χ4n) is 1.66. The van der Waals surface area contributed by atoms with Gasteiger partial charge in [0.25, 0.3) is 5.91 Å². The molecule has 0 aliphatic rings. The highest BCUT2D eigenvalue weighted by atomic mass is 16.5. The molecule has 2 rings (SSSR count). The zero-order valence-corrected chi connectivity index (χ0v) is 11.6. The number of ether oxygens (including phenoxy) is 2. The molecule has 0 radical (unpaired) electrons. The molecule has 21 heavy (non-hydrogen) atoms. The number of amides is 1. The average molecular weight is 288 g/mol. The molecule has 1 heterocycles. The van der Waals surface area contributed by atoms with E-state index >= 15 is 0 Å². The first-order chi connectivity index (χ1) is 10.2. The number of hydrogen-bond donors (Lipinski definition) is 2. The second kappa shape index (κ2) is 7.25. The number of aromatic nitrogens is 1. The quantitative estimate of drug-likeness (QED) is 0.844. The van der Waals surface area contributed by atoms with E-state index in [1.165, 1.54) is 0 Å². The predicted molar refractivity (Wildman–Crippen MR) is 77.3 cm³/mol. The van der Waals surface area contributed by atoms with E-state index in [4.69, 9.17) is 14.6 Å². The number of carbonyl (C=O) groups is 1. The highest BCUT2D eigenvalue weighted by Gasteiger charge is 2.05. The molecule has 0 aliphatic carbocycles. The number of carbonyl (C=O) groups excluding carboxylic acids is 1. The van der Waals surface area contributed by atoms with Crippen LogP contribution in [0.15, 0.2) is 42.5 Å². The fraction of sp³-hybridized carbons (Fsp3) is 0.200. The zero-order chi connectivity index (χ0) is 15.1. The van der Waals surface area contributed by atoms with E-state index < -0.39 is 0 Å². The van der Waals surface area contributed by atoms with Crippen LogP contribution in [0.25, 0.3) is 0 Å². The molecule has 110 valence electrons. The molecule has 0 fully saturated rings. The SMILES string of the molecule is COc1cccc(OCC(=O)Nc2cccc(CO)n2)c1. The Morgan fingerprint density at radius 1 is 1.24 bits per heavy atom. The van der Waals surface area contributed by atoms with Gasteiger partial charge in [-0.05, 0) is 24.3 Å². The molecule has 1 amide bonds.